The summed E-state index contributed by atoms with van der Waals surface area (Å²) in [6.07, 6.45) is 9.51. The number of hydrogen-bond acceptors (Lipinski definition) is 7. The first-order valence-electron chi connectivity index (χ1n) is 11.7. The first-order valence-corrected chi connectivity index (χ1v) is 11.7. The predicted octanol–water partition coefficient (Wildman–Crippen LogP) is 3.76. The Morgan fingerprint density at radius 2 is 2.00 bits per heavy atom. The second kappa shape index (κ2) is 9.50. The molecule has 1 aliphatic rings. The van der Waals surface area contributed by atoms with Crippen LogP contribution in [0.5, 0.6) is 0 Å². The monoisotopic (exact) mass is 459 g/mol. The van der Waals surface area contributed by atoms with E-state index in [1.807, 2.05) is 39.9 Å². The highest BCUT2D eigenvalue weighted by Crippen LogP contribution is 2.28. The van der Waals surface area contributed by atoms with Gasteiger partial charge in [0.15, 0.2) is 17.0 Å². The van der Waals surface area contributed by atoms with Crippen molar-refractivity contribution in [2.24, 2.45) is 0 Å². The van der Waals surface area contributed by atoms with Gasteiger partial charge in [-0.05, 0) is 51.0 Å². The molecule has 1 amide bonds. The number of carbonyl (C=O) groups excluding carboxylic acids is 1. The van der Waals surface area contributed by atoms with Crippen LogP contribution in [0, 0.1) is 0 Å². The van der Waals surface area contributed by atoms with E-state index in [4.69, 9.17) is 4.98 Å². The molecular weight excluding hydrogens is 430 g/mol. The Balaban J connectivity index is 1.33. The maximum Gasteiger partial charge on any atom is 0.222 e. The Hall–Kier alpha value is -3.95. The molecule has 3 aromatic heterocycles. The minimum atomic E-state index is 0.154. The first kappa shape index (κ1) is 21.9. The van der Waals surface area contributed by atoms with E-state index in [2.05, 4.69) is 44.0 Å². The molecule has 1 aliphatic heterocycles. The quantitative estimate of drug-likeness (QED) is 0.367. The maximum absolute atomic E-state index is 11.8. The summed E-state index contributed by atoms with van der Waals surface area (Å²) in [5.74, 6) is 1.68. The number of nitrogens with one attached hydrogen (secondary N) is 2. The molecule has 0 atom stereocenters. The molecule has 4 aromatic rings. The molecule has 4 heterocycles. The van der Waals surface area contributed by atoms with Gasteiger partial charge in [-0.2, -0.15) is 0 Å². The van der Waals surface area contributed by atoms with Gasteiger partial charge in [0.25, 0.3) is 0 Å². The summed E-state index contributed by atoms with van der Waals surface area (Å²) in [4.78, 5) is 31.7. The molecule has 0 bridgehead atoms. The van der Waals surface area contributed by atoms with Crippen LogP contribution in [-0.4, -0.2) is 59.5 Å². The summed E-state index contributed by atoms with van der Waals surface area (Å²) < 4.78 is 4.04. The molecule has 0 aliphatic carbocycles. The zero-order chi connectivity index (χ0) is 23.5. The summed E-state index contributed by atoms with van der Waals surface area (Å²) in [6, 6.07) is 8.25. The lowest BCUT2D eigenvalue weighted by molar-refractivity contribution is -0.127. The highest BCUT2D eigenvalue weighted by atomic mass is 16.2. The van der Waals surface area contributed by atoms with Crippen molar-refractivity contribution in [1.82, 2.24) is 34.0 Å². The van der Waals surface area contributed by atoms with E-state index in [0.29, 0.717) is 24.7 Å². The van der Waals surface area contributed by atoms with Gasteiger partial charge in [0.2, 0.25) is 11.9 Å². The third kappa shape index (κ3) is 4.43. The van der Waals surface area contributed by atoms with E-state index in [-0.39, 0.29) is 11.9 Å². The van der Waals surface area contributed by atoms with Crippen molar-refractivity contribution in [3.63, 3.8) is 0 Å². The summed E-state index contributed by atoms with van der Waals surface area (Å²) in [7, 11) is 0. The van der Waals surface area contributed by atoms with E-state index in [0.717, 1.165) is 48.5 Å². The van der Waals surface area contributed by atoms with Gasteiger partial charge in [-0.25, -0.2) is 19.9 Å². The minimum Gasteiger partial charge on any atom is -0.368 e. The van der Waals surface area contributed by atoms with Gasteiger partial charge in [0.1, 0.15) is 6.33 Å². The number of likely N-dealkylation sites (tertiary alicyclic amines) is 1. The average Bonchev–Trinajstić information content (AvgIpc) is 3.57. The molecule has 1 saturated heterocycles. The Morgan fingerprint density at radius 3 is 2.71 bits per heavy atom. The van der Waals surface area contributed by atoms with Crippen LogP contribution in [0.1, 0.15) is 39.2 Å². The second-order valence-corrected chi connectivity index (χ2v) is 8.70. The molecule has 10 nitrogen and oxygen atoms in total. The molecule has 1 aromatic carbocycles. The lowest BCUT2D eigenvalue weighted by Gasteiger charge is -2.15. The number of anilines is 3. The van der Waals surface area contributed by atoms with Crippen molar-refractivity contribution < 1.29 is 4.79 Å². The highest BCUT2D eigenvalue weighted by Gasteiger charge is 2.20. The molecule has 34 heavy (non-hydrogen) atoms. The Labute approximate surface area is 198 Å². The third-order valence-corrected chi connectivity index (χ3v) is 5.99. The van der Waals surface area contributed by atoms with Gasteiger partial charge in [-0.15, -0.1) is 0 Å². The van der Waals surface area contributed by atoms with Gasteiger partial charge < -0.3 is 20.1 Å². The summed E-state index contributed by atoms with van der Waals surface area (Å²) >= 11 is 0. The number of carbonyl (C=O) groups is 1. The molecule has 0 saturated carbocycles. The first-order chi connectivity index (χ1) is 16.6. The van der Waals surface area contributed by atoms with Crippen LogP contribution >= 0.6 is 0 Å². The van der Waals surface area contributed by atoms with Crippen LogP contribution in [-0.2, 0) is 4.79 Å². The lowest BCUT2D eigenvalue weighted by Crippen LogP contribution is -2.27. The molecule has 176 valence electrons. The van der Waals surface area contributed by atoms with Crippen LogP contribution in [0.2, 0.25) is 0 Å². The molecule has 1 fully saturated rings. The minimum absolute atomic E-state index is 0.154. The van der Waals surface area contributed by atoms with Gasteiger partial charge >= 0.3 is 0 Å². The Kier molecular flexibility index (Phi) is 6.11. The lowest BCUT2D eigenvalue weighted by atomic mass is 10.3. The largest absolute Gasteiger partial charge is 0.368 e. The Morgan fingerprint density at radius 1 is 1.15 bits per heavy atom. The van der Waals surface area contributed by atoms with Crippen LogP contribution in [0.25, 0.3) is 16.9 Å². The number of imidazole rings is 2. The highest BCUT2D eigenvalue weighted by molar-refractivity contribution is 5.86. The number of aromatic nitrogens is 6. The average molecular weight is 460 g/mol. The molecule has 0 spiro atoms. The number of amides is 1. The van der Waals surface area contributed by atoms with E-state index in [1.54, 1.807) is 18.9 Å². The van der Waals surface area contributed by atoms with E-state index in [1.165, 1.54) is 0 Å². The van der Waals surface area contributed by atoms with Crippen LogP contribution < -0.4 is 10.6 Å². The van der Waals surface area contributed by atoms with Gasteiger partial charge in [-0.3, -0.25) is 9.36 Å². The SMILES string of the molecule is CC(C)n1c(Nc2ccc(-n3ccnc3)cc2)nc2c(NCCCN3CCCC3=O)ncnc21. The predicted molar refractivity (Wildman–Crippen MR) is 131 cm³/mol. The van der Waals surface area contributed by atoms with Crippen molar-refractivity contribution in [2.45, 2.75) is 39.2 Å². The van der Waals surface area contributed by atoms with E-state index >= 15 is 0 Å². The van der Waals surface area contributed by atoms with E-state index in [9.17, 15) is 4.79 Å². The number of hydrogen-bond donors (Lipinski definition) is 2. The molecule has 10 heteroatoms. The van der Waals surface area contributed by atoms with Crippen molar-refractivity contribution in [2.75, 3.05) is 30.3 Å². The third-order valence-electron chi connectivity index (χ3n) is 5.99. The summed E-state index contributed by atoms with van der Waals surface area (Å²) in [6.45, 7) is 6.56. The van der Waals surface area contributed by atoms with Crippen molar-refractivity contribution in [3.8, 4) is 5.69 Å². The summed E-state index contributed by atoms with van der Waals surface area (Å²) in [5, 5.41) is 6.83. The molecule has 5 rings (SSSR count). The number of benzene rings is 1. The second-order valence-electron chi connectivity index (χ2n) is 8.70. The van der Waals surface area contributed by atoms with Crippen LogP contribution in [0.15, 0.2) is 49.3 Å². The van der Waals surface area contributed by atoms with Crippen LogP contribution in [0.3, 0.4) is 0 Å². The molecule has 0 radical (unpaired) electrons. The smallest absolute Gasteiger partial charge is 0.222 e. The zero-order valence-electron chi connectivity index (χ0n) is 19.5. The molecule has 2 N–H and O–H groups in total. The number of fused-ring (bicyclic) bond motifs is 1. The van der Waals surface area contributed by atoms with E-state index < -0.39 is 0 Å². The zero-order valence-corrected chi connectivity index (χ0v) is 19.5. The van der Waals surface area contributed by atoms with Crippen molar-refractivity contribution in [1.29, 1.82) is 0 Å². The molecule has 0 unspecified atom stereocenters. The fraction of sp³-hybridized carbons (Fsp3) is 0.375. The Bertz CT molecular complexity index is 1260. The normalized spacial score (nSPS) is 13.9. The van der Waals surface area contributed by atoms with Crippen LogP contribution in [0.4, 0.5) is 17.5 Å². The molecular formula is C24H29N9O. The fourth-order valence-electron chi connectivity index (χ4n) is 4.29. The van der Waals surface area contributed by atoms with Gasteiger partial charge in [-0.1, -0.05) is 0 Å². The number of rotatable bonds is 9. The standard InChI is InChI=1S/C24H29N9O/c1-17(2)33-23-21(22(27-15-28-23)26-10-4-13-31-12-3-5-20(31)34)30-24(33)29-18-6-8-19(9-7-18)32-14-11-25-16-32/h6-9,11,14-17H,3-5,10,12-13H2,1-2H3,(H,29,30)(H,26,27,28). The topological polar surface area (TPSA) is 106 Å². The summed E-state index contributed by atoms with van der Waals surface area (Å²) in [5.41, 5.74) is 3.47. The number of nitrogens with zero attached hydrogens (tertiary/aromatic N) is 7. The van der Waals surface area contributed by atoms with Gasteiger partial charge in [0, 0.05) is 55.9 Å². The van der Waals surface area contributed by atoms with Gasteiger partial charge in [0.05, 0.1) is 6.33 Å². The maximum atomic E-state index is 11.8. The van der Waals surface area contributed by atoms with Crippen molar-refractivity contribution in [3.05, 3.63) is 49.3 Å². The fourth-order valence-corrected chi connectivity index (χ4v) is 4.29. The van der Waals surface area contributed by atoms with Crippen molar-refractivity contribution >= 4 is 34.5 Å².